The number of aromatic nitrogens is 8. The molecule has 2 saturated heterocycles. The minimum Gasteiger partial charge on any atom is -0.493 e. The average molecular weight is 999 g/mol. The molecule has 24 nitrogen and oxygen atoms in total. The van der Waals surface area contributed by atoms with Gasteiger partial charge in [0.05, 0.1) is 97.1 Å². The smallest absolute Gasteiger partial charge is 0.240 e. The molecular weight excluding hydrogens is 944 g/mol. The zero-order valence-corrected chi connectivity index (χ0v) is 40.7. The normalized spacial score (nSPS) is 16.2. The molecule has 8 heterocycles. The Morgan fingerprint density at radius 1 is 0.676 bits per heavy atom. The second-order valence-corrected chi connectivity index (χ2v) is 16.5. The van der Waals surface area contributed by atoms with Crippen LogP contribution in [-0.4, -0.2) is 132 Å². The van der Waals surface area contributed by atoms with Crippen LogP contribution in [0.15, 0.2) is 49.3 Å². The molecule has 71 heavy (non-hydrogen) atoms. The lowest BCUT2D eigenvalue weighted by atomic mass is 10.2. The predicted octanol–water partition coefficient (Wildman–Crippen LogP) is 4.06. The first-order chi connectivity index (χ1) is 34.4. The molecule has 10 rings (SSSR count). The maximum atomic E-state index is 11.9. The Morgan fingerprint density at radius 2 is 1.18 bits per heavy atom. The summed E-state index contributed by atoms with van der Waals surface area (Å²) in [5.74, 6) is 6.36. The summed E-state index contributed by atoms with van der Waals surface area (Å²) in [6.45, 7) is 2.68. The predicted molar refractivity (Wildman–Crippen MR) is 260 cm³/mol. The van der Waals surface area contributed by atoms with Crippen molar-refractivity contribution in [2.75, 3.05) is 84.5 Å². The third-order valence-electron chi connectivity index (χ3n) is 11.8. The van der Waals surface area contributed by atoms with Gasteiger partial charge >= 0.3 is 0 Å². The highest BCUT2D eigenvalue weighted by molar-refractivity contribution is 6.28. The standard InChI is InChI=1S/C23H27N7O5.C18H18ClN5O4.C5H10N2O/c1-32-16-9-13(10-17(33-2)20(16)34-3)29-11-18(25-12-29)27-22-19-14(6-8-35-19)26-23(28-22)30-7-4-5-15(30)21(24)31;1-25-12-6-10(7-13(26-2)16(12)27-3)24-8-14(20-9-24)22-17-15-11(4-5-28-15)21-18(19)23-17;6-5(8)4-2-1-3-7-4/h9-12,15H,4-8H2,1-3H3,(H2,24,31)(H,26,27,28);6-9H,4-5H2,1-3H3,(H,21,22,23);4,7H,1-3H2,(H2,6,8)/t15-;;4-/m1.1/s1. The highest BCUT2D eigenvalue weighted by Gasteiger charge is 2.33. The maximum Gasteiger partial charge on any atom is 0.240 e. The molecule has 7 N–H and O–H groups in total. The molecule has 25 heteroatoms. The summed E-state index contributed by atoms with van der Waals surface area (Å²) < 4.78 is 47.5. The maximum absolute atomic E-state index is 11.9. The summed E-state index contributed by atoms with van der Waals surface area (Å²) in [4.78, 5) is 50.7. The van der Waals surface area contributed by atoms with Gasteiger partial charge in [-0.1, -0.05) is 0 Å². The van der Waals surface area contributed by atoms with Crippen molar-refractivity contribution in [1.29, 1.82) is 0 Å². The molecule has 0 bridgehead atoms. The quantitative estimate of drug-likeness (QED) is 0.0907. The molecule has 2 amide bonds. The number of methoxy groups -OCH3 is 6. The number of fused-ring (bicyclic) bond motifs is 2. The van der Waals surface area contributed by atoms with Crippen LogP contribution in [0.2, 0.25) is 5.28 Å². The molecule has 0 saturated carbocycles. The van der Waals surface area contributed by atoms with Crippen molar-refractivity contribution in [2.24, 2.45) is 11.5 Å². The van der Waals surface area contributed by atoms with Gasteiger partial charge in [0.1, 0.15) is 30.3 Å². The van der Waals surface area contributed by atoms with E-state index in [1.54, 1.807) is 61.5 Å². The van der Waals surface area contributed by atoms with Crippen molar-refractivity contribution < 1.29 is 47.5 Å². The molecule has 4 aliphatic rings. The van der Waals surface area contributed by atoms with Gasteiger partial charge in [-0.3, -0.25) is 9.59 Å². The number of rotatable bonds is 15. The van der Waals surface area contributed by atoms with Crippen LogP contribution in [0.1, 0.15) is 37.1 Å². The van der Waals surface area contributed by atoms with Gasteiger partial charge in [0, 0.05) is 43.7 Å². The monoisotopic (exact) mass is 998 g/mol. The van der Waals surface area contributed by atoms with E-state index in [0.717, 1.165) is 48.6 Å². The number of nitrogens with one attached hydrogen (secondary N) is 3. The number of nitrogens with two attached hydrogens (primary N) is 2. The van der Waals surface area contributed by atoms with Gasteiger partial charge in [-0.05, 0) is 43.8 Å². The molecule has 0 radical (unpaired) electrons. The van der Waals surface area contributed by atoms with Crippen LogP contribution in [0.3, 0.4) is 0 Å². The van der Waals surface area contributed by atoms with Gasteiger partial charge in [-0.15, -0.1) is 0 Å². The van der Waals surface area contributed by atoms with E-state index in [1.807, 2.05) is 44.5 Å². The number of halogens is 1. The van der Waals surface area contributed by atoms with Crippen molar-refractivity contribution in [1.82, 2.24) is 44.4 Å². The van der Waals surface area contributed by atoms with E-state index in [0.29, 0.717) is 114 Å². The van der Waals surface area contributed by atoms with E-state index in [2.05, 4.69) is 45.9 Å². The number of hydrogen-bond acceptors (Lipinski definition) is 20. The molecule has 2 fully saturated rings. The molecule has 6 aromatic rings. The molecule has 2 atom stereocenters. The molecule has 4 aliphatic heterocycles. The minimum absolute atomic E-state index is 0.0463. The van der Waals surface area contributed by atoms with Gasteiger partial charge in [-0.25, -0.2) is 19.9 Å². The third kappa shape index (κ3) is 10.9. The molecule has 2 aromatic carbocycles. The zero-order valence-electron chi connectivity index (χ0n) is 40.0. The highest BCUT2D eigenvalue weighted by atomic mass is 35.5. The van der Waals surface area contributed by atoms with E-state index in [9.17, 15) is 9.59 Å². The molecule has 0 aliphatic carbocycles. The van der Waals surface area contributed by atoms with Crippen LogP contribution in [0.5, 0.6) is 46.0 Å². The number of imidazole rings is 2. The summed E-state index contributed by atoms with van der Waals surface area (Å²) in [6, 6.07) is 6.85. The Morgan fingerprint density at radius 3 is 1.62 bits per heavy atom. The number of primary amides is 2. The fourth-order valence-corrected chi connectivity index (χ4v) is 8.54. The highest BCUT2D eigenvalue weighted by Crippen LogP contribution is 2.42. The van der Waals surface area contributed by atoms with Crippen LogP contribution in [-0.2, 0) is 22.4 Å². The number of hydrogen-bond donors (Lipinski definition) is 5. The molecule has 0 spiro atoms. The zero-order chi connectivity index (χ0) is 50.2. The van der Waals surface area contributed by atoms with Crippen molar-refractivity contribution in [3.63, 3.8) is 0 Å². The largest absolute Gasteiger partial charge is 0.493 e. The van der Waals surface area contributed by atoms with E-state index < -0.39 is 6.04 Å². The first-order valence-electron chi connectivity index (χ1n) is 22.5. The van der Waals surface area contributed by atoms with Crippen molar-refractivity contribution >= 4 is 52.6 Å². The van der Waals surface area contributed by atoms with Crippen molar-refractivity contribution in [3.8, 4) is 57.4 Å². The molecule has 4 aromatic heterocycles. The number of benzene rings is 2. The van der Waals surface area contributed by atoms with Gasteiger partial charge in [0.2, 0.25) is 34.5 Å². The Kier molecular flexibility index (Phi) is 15.4. The van der Waals surface area contributed by atoms with Crippen molar-refractivity contribution in [2.45, 2.75) is 50.6 Å². The lowest BCUT2D eigenvalue weighted by Gasteiger charge is -2.23. The average Bonchev–Trinajstić information content (AvgIpc) is 4.24. The van der Waals surface area contributed by atoms with Crippen LogP contribution < -0.4 is 70.2 Å². The van der Waals surface area contributed by atoms with Crippen LogP contribution in [0, 0.1) is 0 Å². The second-order valence-electron chi connectivity index (χ2n) is 16.1. The van der Waals surface area contributed by atoms with E-state index >= 15 is 0 Å². The lowest BCUT2D eigenvalue weighted by molar-refractivity contribution is -0.120. The Labute approximate surface area is 413 Å². The molecular formula is C46H55ClN14O10. The first-order valence-corrected chi connectivity index (χ1v) is 22.9. The Bertz CT molecular complexity index is 2820. The van der Waals surface area contributed by atoms with Gasteiger partial charge in [-0.2, -0.15) is 9.97 Å². The van der Waals surface area contributed by atoms with Crippen LogP contribution >= 0.6 is 11.6 Å². The SMILES string of the molecule is COc1cc(-n2cnc(Nc3nc(Cl)nc4c3OCC4)c2)cc(OC)c1OC.COc1cc(-n2cnc(Nc3nc(N4CCC[C@@H]4C(N)=O)nc4c3OCC4)c2)cc(OC)c1OC.NC(=O)[C@H]1CCCN1. The number of anilines is 5. The summed E-state index contributed by atoms with van der Waals surface area (Å²) in [5, 5.41) is 9.52. The van der Waals surface area contributed by atoms with E-state index in [-0.39, 0.29) is 23.1 Å². The molecule has 0 unspecified atom stereocenters. The third-order valence-corrected chi connectivity index (χ3v) is 12.0. The summed E-state index contributed by atoms with van der Waals surface area (Å²) >= 11 is 6.01. The van der Waals surface area contributed by atoms with Crippen molar-refractivity contribution in [3.05, 3.63) is 66.0 Å². The lowest BCUT2D eigenvalue weighted by Crippen LogP contribution is -2.41. The fraction of sp³-hybridized carbons (Fsp3) is 0.391. The number of ether oxygens (including phenoxy) is 8. The van der Waals surface area contributed by atoms with Crippen LogP contribution in [0.25, 0.3) is 11.4 Å². The number of nitrogens with zero attached hydrogens (tertiary/aromatic N) is 9. The van der Waals surface area contributed by atoms with E-state index in [1.165, 1.54) is 0 Å². The van der Waals surface area contributed by atoms with Crippen LogP contribution in [0.4, 0.5) is 29.2 Å². The summed E-state index contributed by atoms with van der Waals surface area (Å²) in [6.07, 6.45) is 11.8. The first kappa shape index (κ1) is 49.4. The number of carbonyl (C=O) groups is 2. The fourth-order valence-electron chi connectivity index (χ4n) is 8.35. The van der Waals surface area contributed by atoms with E-state index in [4.69, 9.17) is 61.0 Å². The molecule has 376 valence electrons. The minimum atomic E-state index is -0.414. The Balaban J connectivity index is 0.000000167. The number of amides is 2. The summed E-state index contributed by atoms with van der Waals surface area (Å²) in [7, 11) is 9.40. The van der Waals surface area contributed by atoms with Gasteiger partial charge in [0.15, 0.2) is 46.1 Å². The van der Waals surface area contributed by atoms with Gasteiger partial charge < -0.3 is 79.3 Å². The number of carbonyl (C=O) groups excluding carboxylic acids is 2. The Hall–Kier alpha value is -7.99. The topological polar surface area (TPSA) is 287 Å². The summed E-state index contributed by atoms with van der Waals surface area (Å²) in [5.41, 5.74) is 13.7. The second kappa shape index (κ2) is 22.2. The van der Waals surface area contributed by atoms with Gasteiger partial charge in [0.25, 0.3) is 0 Å².